The topological polar surface area (TPSA) is 64.5 Å². The van der Waals surface area contributed by atoms with Crippen molar-refractivity contribution in [3.8, 4) is 0 Å². The predicted molar refractivity (Wildman–Crippen MR) is 65.0 cm³/mol. The van der Waals surface area contributed by atoms with Gasteiger partial charge >= 0.3 is 29.6 Å². The summed E-state index contributed by atoms with van der Waals surface area (Å²) in [6.07, 6.45) is 1.84. The van der Waals surface area contributed by atoms with Gasteiger partial charge in [-0.05, 0) is 43.3 Å². The minimum atomic E-state index is -0.993. The van der Waals surface area contributed by atoms with E-state index in [1.54, 1.807) is 0 Å². The van der Waals surface area contributed by atoms with Crippen molar-refractivity contribution in [3.05, 3.63) is 0 Å². The number of nitrogens with zero attached hydrogens (tertiary/aromatic N) is 1. The van der Waals surface area contributed by atoms with E-state index in [0.29, 0.717) is 18.8 Å². The number of carbonyl (C=O) groups excluding carboxylic acids is 1. The molecule has 1 unspecified atom stereocenters. The minimum Gasteiger partial charge on any atom is -0.861 e. The van der Waals surface area contributed by atoms with Crippen molar-refractivity contribution < 1.29 is 39.5 Å². The van der Waals surface area contributed by atoms with Crippen LogP contribution in [0, 0.1) is 11.3 Å². The number of aliphatic imine (C=N–C) groups is 1. The second-order valence-electron chi connectivity index (χ2n) is 4.54. The van der Waals surface area contributed by atoms with Gasteiger partial charge < -0.3 is 10.4 Å². The van der Waals surface area contributed by atoms with Gasteiger partial charge in [-0.15, -0.1) is 0 Å². The molecule has 0 radical (unpaired) electrons. The molecule has 0 aromatic carbocycles. The van der Waals surface area contributed by atoms with Crippen LogP contribution in [-0.2, 0) is 4.79 Å². The van der Waals surface area contributed by atoms with Crippen LogP contribution < -0.4 is 40.0 Å². The Kier molecular flexibility index (Phi) is 6.84. The average molecular weight is 264 g/mol. The molecule has 1 aliphatic heterocycles. The summed E-state index contributed by atoms with van der Waals surface area (Å²) in [5.41, 5.74) is -0.993. The van der Waals surface area contributed by atoms with Gasteiger partial charge in [0, 0.05) is 0 Å². The molecular weight excluding hydrogens is 247 g/mol. The predicted octanol–water partition coefficient (Wildman–Crippen LogP) is -2.00. The Morgan fingerprint density at radius 3 is 2.53 bits per heavy atom. The smallest absolute Gasteiger partial charge is 0.861 e. The Morgan fingerprint density at radius 1 is 1.53 bits per heavy atom. The molecule has 0 saturated carbocycles. The number of carbonyl (C=O) groups is 1. The number of amides is 1. The van der Waals surface area contributed by atoms with Crippen molar-refractivity contribution in [3.63, 3.8) is 0 Å². The number of hydrogen-bond donors (Lipinski definition) is 1. The van der Waals surface area contributed by atoms with E-state index < -0.39 is 5.41 Å². The Labute approximate surface area is 130 Å². The third-order valence-electron chi connectivity index (χ3n) is 3.02. The minimum absolute atomic E-state index is 0. The summed E-state index contributed by atoms with van der Waals surface area (Å²) in [6, 6.07) is 0. The van der Waals surface area contributed by atoms with Crippen LogP contribution in [0.1, 0.15) is 40.0 Å². The van der Waals surface area contributed by atoms with Crippen LogP contribution in [0.15, 0.2) is 4.99 Å². The maximum Gasteiger partial charge on any atom is 1.00 e. The number of nitrogens with one attached hydrogen (secondary N) is 1. The molecule has 0 saturated heterocycles. The Hall–Kier alpha value is 0.0300. The van der Waals surface area contributed by atoms with Crippen LogP contribution in [0.3, 0.4) is 0 Å². The second kappa shape index (κ2) is 6.83. The first-order valence-electron chi connectivity index (χ1n) is 5.54. The molecule has 0 aromatic heterocycles. The molecule has 1 N–H and O–H groups in total. The first-order chi connectivity index (χ1) is 7.42. The first kappa shape index (κ1) is 17.0. The Balaban J connectivity index is 0.00000256. The number of thiocarbonyl (C=S) groups is 1. The number of hydrogen-bond acceptors (Lipinski definition) is 3. The summed E-state index contributed by atoms with van der Waals surface area (Å²) in [4.78, 5) is 15.6. The molecule has 90 valence electrons. The van der Waals surface area contributed by atoms with E-state index in [4.69, 9.17) is 12.2 Å². The molecule has 1 amide bonds. The van der Waals surface area contributed by atoms with E-state index in [2.05, 4.69) is 24.2 Å². The van der Waals surface area contributed by atoms with Gasteiger partial charge in [-0.25, -0.2) is 4.99 Å². The van der Waals surface area contributed by atoms with E-state index in [0.717, 1.165) is 6.42 Å². The molecule has 4 nitrogen and oxygen atoms in total. The molecule has 0 spiro atoms. The van der Waals surface area contributed by atoms with E-state index >= 15 is 0 Å². The molecule has 6 heteroatoms. The fourth-order valence-corrected chi connectivity index (χ4v) is 1.96. The fraction of sp³-hybridized carbons (Fsp3) is 0.727. The Bertz CT molecular complexity index is 344. The standard InChI is InChI=1S/C11H18N2O2S.Na/c1-4-11(6-5-7(2)3)8(14)12-10(16)13-9(11)15;/h7H,4-6H2,1-3H3,(H2,12,13,14,15,16);/q;+1/p-1. The van der Waals surface area contributed by atoms with Crippen molar-refractivity contribution in [2.24, 2.45) is 16.3 Å². The molecule has 1 heterocycles. The van der Waals surface area contributed by atoms with Crippen molar-refractivity contribution in [1.82, 2.24) is 5.32 Å². The summed E-state index contributed by atoms with van der Waals surface area (Å²) in [6.45, 7) is 5.97. The van der Waals surface area contributed by atoms with Crippen LogP contribution in [0.4, 0.5) is 0 Å². The molecule has 0 fully saturated rings. The SMILES string of the molecule is CCC1(CCC(C)C)C(=O)NC(=S)N=C1[O-].[Na+]. The van der Waals surface area contributed by atoms with Crippen LogP contribution in [-0.4, -0.2) is 16.9 Å². The van der Waals surface area contributed by atoms with Crippen molar-refractivity contribution in [1.29, 1.82) is 0 Å². The third kappa shape index (κ3) is 3.74. The van der Waals surface area contributed by atoms with Gasteiger partial charge in [-0.1, -0.05) is 20.8 Å². The van der Waals surface area contributed by atoms with Gasteiger partial charge in [-0.3, -0.25) is 4.79 Å². The maximum absolute atomic E-state index is 11.9. The zero-order valence-electron chi connectivity index (χ0n) is 10.9. The summed E-state index contributed by atoms with van der Waals surface area (Å²) in [5.74, 6) is -0.219. The zero-order valence-corrected chi connectivity index (χ0v) is 13.7. The fourth-order valence-electron chi connectivity index (χ4n) is 1.79. The van der Waals surface area contributed by atoms with Crippen LogP contribution in [0.5, 0.6) is 0 Å². The molecule has 1 aliphatic rings. The van der Waals surface area contributed by atoms with E-state index in [1.165, 1.54) is 0 Å². The molecule has 0 aliphatic carbocycles. The largest absolute Gasteiger partial charge is 1.00 e. The molecule has 0 aromatic rings. The third-order valence-corrected chi connectivity index (χ3v) is 3.21. The monoisotopic (exact) mass is 264 g/mol. The summed E-state index contributed by atoms with van der Waals surface area (Å²) < 4.78 is 0. The van der Waals surface area contributed by atoms with Crippen molar-refractivity contribution in [2.45, 2.75) is 40.0 Å². The van der Waals surface area contributed by atoms with E-state index in [9.17, 15) is 9.90 Å². The van der Waals surface area contributed by atoms with Crippen molar-refractivity contribution in [2.75, 3.05) is 0 Å². The van der Waals surface area contributed by atoms with E-state index in [-0.39, 0.29) is 46.5 Å². The van der Waals surface area contributed by atoms with Crippen molar-refractivity contribution >= 4 is 29.1 Å². The molecule has 1 atom stereocenters. The van der Waals surface area contributed by atoms with Crippen LogP contribution in [0.25, 0.3) is 0 Å². The first-order valence-corrected chi connectivity index (χ1v) is 5.94. The quantitative estimate of drug-likeness (QED) is 0.472. The molecular formula is C11H17N2NaO2S. The average Bonchev–Trinajstić information content (AvgIpc) is 2.17. The van der Waals surface area contributed by atoms with Gasteiger partial charge in [0.15, 0.2) is 5.11 Å². The molecule has 0 bridgehead atoms. The van der Waals surface area contributed by atoms with Crippen LogP contribution >= 0.6 is 12.2 Å². The van der Waals surface area contributed by atoms with Gasteiger partial charge in [0.2, 0.25) is 5.91 Å². The van der Waals surface area contributed by atoms with Gasteiger partial charge in [0.1, 0.15) is 0 Å². The van der Waals surface area contributed by atoms with Gasteiger partial charge in [0.05, 0.1) is 5.41 Å². The molecule has 1 rings (SSSR count). The summed E-state index contributed by atoms with van der Waals surface area (Å²) in [5, 5.41) is 14.3. The Morgan fingerprint density at radius 2 is 2.12 bits per heavy atom. The number of rotatable bonds is 4. The van der Waals surface area contributed by atoms with Gasteiger partial charge in [-0.2, -0.15) is 0 Å². The second-order valence-corrected chi connectivity index (χ2v) is 4.93. The maximum atomic E-state index is 11.9. The van der Waals surface area contributed by atoms with Gasteiger partial charge in [0.25, 0.3) is 0 Å². The van der Waals surface area contributed by atoms with Crippen LogP contribution in [0.2, 0.25) is 0 Å². The van der Waals surface area contributed by atoms with E-state index in [1.807, 2.05) is 6.92 Å². The normalized spacial score (nSPS) is 24.1. The summed E-state index contributed by atoms with van der Waals surface area (Å²) in [7, 11) is 0. The molecule has 17 heavy (non-hydrogen) atoms. The summed E-state index contributed by atoms with van der Waals surface area (Å²) >= 11 is 4.73. The zero-order chi connectivity index (χ0) is 12.3.